The predicted molar refractivity (Wildman–Crippen MR) is 63.6 cm³/mol. The standard InChI is InChI=1S/C11H20N4/c1-8(2)4-5-9(3)15-11-10(12)13-6-7-14-11/h6-9H,4-5H2,1-3H3,(H2,12,13)(H,14,15). The lowest BCUT2D eigenvalue weighted by Gasteiger charge is -2.16. The number of nitrogens with two attached hydrogens (primary N) is 1. The van der Waals surface area contributed by atoms with Crippen LogP contribution in [0, 0.1) is 5.92 Å². The third-order valence-corrected chi connectivity index (χ3v) is 2.29. The molecule has 84 valence electrons. The lowest BCUT2D eigenvalue weighted by molar-refractivity contribution is 0.527. The Morgan fingerprint density at radius 3 is 2.47 bits per heavy atom. The van der Waals surface area contributed by atoms with Crippen molar-refractivity contribution in [2.75, 3.05) is 11.1 Å². The maximum Gasteiger partial charge on any atom is 0.169 e. The summed E-state index contributed by atoms with van der Waals surface area (Å²) >= 11 is 0. The Kier molecular flexibility index (Phi) is 4.34. The van der Waals surface area contributed by atoms with Gasteiger partial charge in [-0.1, -0.05) is 13.8 Å². The summed E-state index contributed by atoms with van der Waals surface area (Å²) in [6, 6.07) is 0.381. The third kappa shape index (κ3) is 4.14. The topological polar surface area (TPSA) is 63.8 Å². The molecule has 1 atom stereocenters. The van der Waals surface area contributed by atoms with Gasteiger partial charge in [0, 0.05) is 18.4 Å². The van der Waals surface area contributed by atoms with Crippen molar-refractivity contribution < 1.29 is 0 Å². The summed E-state index contributed by atoms with van der Waals surface area (Å²) in [6.45, 7) is 6.59. The molecule has 4 nitrogen and oxygen atoms in total. The Labute approximate surface area is 91.3 Å². The van der Waals surface area contributed by atoms with Gasteiger partial charge in [-0.05, 0) is 25.7 Å². The maximum atomic E-state index is 5.69. The molecular formula is C11H20N4. The van der Waals surface area contributed by atoms with Crippen molar-refractivity contribution in [2.45, 2.75) is 39.7 Å². The van der Waals surface area contributed by atoms with Gasteiger partial charge in [0.05, 0.1) is 0 Å². The number of rotatable bonds is 5. The molecule has 1 aromatic heterocycles. The molecule has 0 spiro atoms. The predicted octanol–water partition coefficient (Wildman–Crippen LogP) is 2.30. The molecule has 0 aliphatic carbocycles. The second-order valence-electron chi connectivity index (χ2n) is 4.31. The highest BCUT2D eigenvalue weighted by Crippen LogP contribution is 2.14. The van der Waals surface area contributed by atoms with Crippen LogP contribution < -0.4 is 11.1 Å². The quantitative estimate of drug-likeness (QED) is 0.779. The summed E-state index contributed by atoms with van der Waals surface area (Å²) in [5.74, 6) is 1.89. The molecule has 1 unspecified atom stereocenters. The van der Waals surface area contributed by atoms with Gasteiger partial charge in [0.15, 0.2) is 11.6 Å². The highest BCUT2D eigenvalue weighted by Gasteiger charge is 2.06. The van der Waals surface area contributed by atoms with Crippen LogP contribution in [0.3, 0.4) is 0 Å². The van der Waals surface area contributed by atoms with Gasteiger partial charge >= 0.3 is 0 Å². The van der Waals surface area contributed by atoms with Crippen LogP contribution >= 0.6 is 0 Å². The largest absolute Gasteiger partial charge is 0.381 e. The van der Waals surface area contributed by atoms with E-state index in [1.165, 1.54) is 6.42 Å². The van der Waals surface area contributed by atoms with Gasteiger partial charge in [0.2, 0.25) is 0 Å². The Bertz CT molecular complexity index is 298. The first kappa shape index (κ1) is 11.8. The minimum Gasteiger partial charge on any atom is -0.381 e. The summed E-state index contributed by atoms with van der Waals surface area (Å²) in [5, 5.41) is 3.27. The molecule has 0 aromatic carbocycles. The second-order valence-corrected chi connectivity index (χ2v) is 4.31. The fraction of sp³-hybridized carbons (Fsp3) is 0.636. The van der Waals surface area contributed by atoms with Gasteiger partial charge in [-0.25, -0.2) is 9.97 Å². The van der Waals surface area contributed by atoms with Crippen molar-refractivity contribution in [2.24, 2.45) is 5.92 Å². The molecular weight excluding hydrogens is 188 g/mol. The summed E-state index contributed by atoms with van der Waals surface area (Å²) in [5.41, 5.74) is 5.69. The Hall–Kier alpha value is -1.32. The van der Waals surface area contributed by atoms with Crippen molar-refractivity contribution in [3.05, 3.63) is 12.4 Å². The zero-order valence-corrected chi connectivity index (χ0v) is 9.70. The summed E-state index contributed by atoms with van der Waals surface area (Å²) < 4.78 is 0. The first-order valence-electron chi connectivity index (χ1n) is 5.42. The zero-order valence-electron chi connectivity index (χ0n) is 9.70. The van der Waals surface area contributed by atoms with Gasteiger partial charge in [0.25, 0.3) is 0 Å². The molecule has 0 amide bonds. The number of hydrogen-bond donors (Lipinski definition) is 2. The third-order valence-electron chi connectivity index (χ3n) is 2.29. The molecule has 0 bridgehead atoms. The minimum absolute atomic E-state index is 0.381. The van der Waals surface area contributed by atoms with Crippen LogP contribution in [0.15, 0.2) is 12.4 Å². The normalized spacial score (nSPS) is 12.8. The molecule has 0 aliphatic rings. The van der Waals surface area contributed by atoms with E-state index in [0.29, 0.717) is 17.7 Å². The molecule has 0 fully saturated rings. The van der Waals surface area contributed by atoms with Crippen molar-refractivity contribution >= 4 is 11.6 Å². The van der Waals surface area contributed by atoms with Crippen molar-refractivity contribution in [3.63, 3.8) is 0 Å². The molecule has 1 heterocycles. The molecule has 3 N–H and O–H groups in total. The van der Waals surface area contributed by atoms with Gasteiger partial charge in [-0.3, -0.25) is 0 Å². The summed E-state index contributed by atoms with van der Waals surface area (Å²) in [6.07, 6.45) is 5.56. The molecule has 15 heavy (non-hydrogen) atoms. The molecule has 0 aliphatic heterocycles. The molecule has 1 rings (SSSR count). The Balaban J connectivity index is 2.44. The maximum absolute atomic E-state index is 5.69. The van der Waals surface area contributed by atoms with E-state index < -0.39 is 0 Å². The van der Waals surface area contributed by atoms with Gasteiger partial charge in [-0.15, -0.1) is 0 Å². The zero-order chi connectivity index (χ0) is 11.3. The smallest absolute Gasteiger partial charge is 0.169 e. The lowest BCUT2D eigenvalue weighted by atomic mass is 10.0. The average molecular weight is 208 g/mol. The van der Waals surface area contributed by atoms with E-state index >= 15 is 0 Å². The number of anilines is 2. The fourth-order valence-corrected chi connectivity index (χ4v) is 1.35. The van der Waals surface area contributed by atoms with Crippen LogP contribution in [-0.4, -0.2) is 16.0 Å². The van der Waals surface area contributed by atoms with Crippen molar-refractivity contribution in [1.29, 1.82) is 0 Å². The van der Waals surface area contributed by atoms with E-state index in [-0.39, 0.29) is 0 Å². The van der Waals surface area contributed by atoms with Crippen LogP contribution in [0.4, 0.5) is 11.6 Å². The van der Waals surface area contributed by atoms with Crippen molar-refractivity contribution in [1.82, 2.24) is 9.97 Å². The summed E-state index contributed by atoms with van der Waals surface area (Å²) in [4.78, 5) is 8.13. The average Bonchev–Trinajstić information content (AvgIpc) is 2.18. The van der Waals surface area contributed by atoms with Crippen LogP contribution in [-0.2, 0) is 0 Å². The van der Waals surface area contributed by atoms with E-state index in [2.05, 4.69) is 36.1 Å². The van der Waals surface area contributed by atoms with Crippen LogP contribution in [0.25, 0.3) is 0 Å². The number of nitrogens with one attached hydrogen (secondary N) is 1. The van der Waals surface area contributed by atoms with E-state index in [1.54, 1.807) is 12.4 Å². The fourth-order valence-electron chi connectivity index (χ4n) is 1.35. The molecule has 1 aromatic rings. The van der Waals surface area contributed by atoms with E-state index in [1.807, 2.05) is 0 Å². The second kappa shape index (κ2) is 5.53. The van der Waals surface area contributed by atoms with Crippen LogP contribution in [0.2, 0.25) is 0 Å². The molecule has 4 heteroatoms. The molecule has 0 saturated carbocycles. The SMILES string of the molecule is CC(C)CCC(C)Nc1nccnc1N. The van der Waals surface area contributed by atoms with E-state index in [4.69, 9.17) is 5.73 Å². The highest BCUT2D eigenvalue weighted by molar-refractivity contribution is 5.55. The highest BCUT2D eigenvalue weighted by atomic mass is 15.1. The first-order chi connectivity index (χ1) is 7.09. The van der Waals surface area contributed by atoms with Gasteiger partial charge in [-0.2, -0.15) is 0 Å². The first-order valence-corrected chi connectivity index (χ1v) is 5.42. The Morgan fingerprint density at radius 1 is 1.20 bits per heavy atom. The van der Waals surface area contributed by atoms with E-state index in [0.717, 1.165) is 12.3 Å². The van der Waals surface area contributed by atoms with Gasteiger partial charge < -0.3 is 11.1 Å². The minimum atomic E-state index is 0.381. The van der Waals surface area contributed by atoms with Crippen molar-refractivity contribution in [3.8, 4) is 0 Å². The lowest BCUT2D eigenvalue weighted by Crippen LogP contribution is -2.18. The monoisotopic (exact) mass is 208 g/mol. The van der Waals surface area contributed by atoms with Gasteiger partial charge in [0.1, 0.15) is 0 Å². The molecule has 0 saturated heterocycles. The number of aromatic nitrogens is 2. The van der Waals surface area contributed by atoms with E-state index in [9.17, 15) is 0 Å². The number of hydrogen-bond acceptors (Lipinski definition) is 4. The summed E-state index contributed by atoms with van der Waals surface area (Å²) in [7, 11) is 0. The van der Waals surface area contributed by atoms with Crippen LogP contribution in [0.5, 0.6) is 0 Å². The molecule has 0 radical (unpaired) electrons. The Morgan fingerprint density at radius 2 is 1.87 bits per heavy atom. The number of nitrogens with zero attached hydrogens (tertiary/aromatic N) is 2. The van der Waals surface area contributed by atoms with Crippen LogP contribution in [0.1, 0.15) is 33.6 Å². The number of nitrogen functional groups attached to an aromatic ring is 1.